The molecule has 8 N–H and O–H groups in total. The molecule has 0 bridgehead atoms. The van der Waals surface area contributed by atoms with Crippen LogP contribution in [0.5, 0.6) is 0 Å². The minimum atomic E-state index is -1.82. The molecule has 0 radical (unpaired) electrons. The van der Waals surface area contributed by atoms with Crippen molar-refractivity contribution in [2.45, 2.75) is 0 Å². The van der Waals surface area contributed by atoms with Gasteiger partial charge in [-0.15, -0.1) is 0 Å². The quantitative estimate of drug-likeness (QED) is 0.162. The van der Waals surface area contributed by atoms with Crippen LogP contribution in [0.15, 0.2) is 0 Å². The molecule has 0 aromatic heterocycles. The summed E-state index contributed by atoms with van der Waals surface area (Å²) < 4.78 is 0. The molecule has 16 nitrogen and oxygen atoms in total. The maximum absolute atomic E-state index is 9.10. The van der Waals surface area contributed by atoms with Crippen molar-refractivity contribution in [1.29, 1.82) is 0 Å². The van der Waals surface area contributed by atoms with Crippen LogP contribution in [0, 0.1) is 0 Å². The van der Waals surface area contributed by atoms with Crippen LogP contribution in [0.25, 0.3) is 0 Å². The standard InChI is InChI=1S/4C2H2O4.2Cr/c4*3-1(4)2(5)6;;/h4*(H,3,4)(H,5,6);;. The fourth-order valence-corrected chi connectivity index (χ4v) is 0. The second-order valence-electron chi connectivity index (χ2n) is 2.44. The van der Waals surface area contributed by atoms with Crippen molar-refractivity contribution in [3.63, 3.8) is 0 Å². The van der Waals surface area contributed by atoms with E-state index >= 15 is 0 Å². The molecular weight excluding hydrogens is 456 g/mol. The molecule has 0 aliphatic carbocycles. The molecule has 0 unspecified atom stereocenters. The third-order valence-corrected chi connectivity index (χ3v) is 0.732. The summed E-state index contributed by atoms with van der Waals surface area (Å²) in [6, 6.07) is 0. The van der Waals surface area contributed by atoms with Gasteiger partial charge in [-0.3, -0.25) is 0 Å². The predicted molar refractivity (Wildman–Crippen MR) is 61.1 cm³/mol. The summed E-state index contributed by atoms with van der Waals surface area (Å²) in [5, 5.41) is 59.1. The minimum absolute atomic E-state index is 1.82. The molecule has 0 aliphatic heterocycles. The van der Waals surface area contributed by atoms with Crippen molar-refractivity contribution in [3.8, 4) is 0 Å². The Bertz CT molecular complexity index is 430. The molecule has 0 rings (SSSR count). The van der Waals surface area contributed by atoms with Gasteiger partial charge in [0.2, 0.25) is 0 Å². The Morgan fingerprint density at radius 1 is 0.308 bits per heavy atom. The van der Waals surface area contributed by atoms with Crippen molar-refractivity contribution < 1.29 is 106 Å². The van der Waals surface area contributed by atoms with E-state index in [4.69, 9.17) is 79.2 Å². The number of rotatable bonds is 0. The molecule has 0 spiro atoms. The van der Waals surface area contributed by atoms with Crippen LogP contribution in [0.4, 0.5) is 0 Å². The molecule has 0 heterocycles. The van der Waals surface area contributed by atoms with Crippen molar-refractivity contribution in [1.82, 2.24) is 0 Å². The first kappa shape index (κ1) is 34.2. The van der Waals surface area contributed by atoms with Gasteiger partial charge in [0.25, 0.3) is 0 Å². The Morgan fingerprint density at radius 2 is 0.346 bits per heavy atom. The molecule has 18 heteroatoms. The van der Waals surface area contributed by atoms with Gasteiger partial charge >= 0.3 is 74.9 Å². The van der Waals surface area contributed by atoms with E-state index in [0.717, 1.165) is 0 Å². The van der Waals surface area contributed by atoms with E-state index < -0.39 is 47.8 Å². The van der Waals surface area contributed by atoms with E-state index in [2.05, 4.69) is 27.2 Å². The van der Waals surface area contributed by atoms with Crippen LogP contribution in [-0.2, 0) is 65.5 Å². The zero-order valence-corrected chi connectivity index (χ0v) is 14.2. The van der Waals surface area contributed by atoms with Crippen LogP contribution in [0.2, 0.25) is 0 Å². The summed E-state index contributed by atoms with van der Waals surface area (Å²) in [5.41, 5.74) is 0. The Labute approximate surface area is 154 Å². The number of hydrogen-bond donors (Lipinski definition) is 8. The molecule has 0 fully saturated rings. The molecule has 0 saturated carbocycles. The van der Waals surface area contributed by atoms with Gasteiger partial charge in [-0.2, -0.15) is 0 Å². The van der Waals surface area contributed by atoms with Gasteiger partial charge in [0, 0.05) is 0 Å². The van der Waals surface area contributed by atoms with Gasteiger partial charge in [0.15, 0.2) is 0 Å². The number of hydrogen-bond acceptors (Lipinski definition) is 8. The molecule has 0 atom stereocenters. The first-order chi connectivity index (χ1) is 11.6. The van der Waals surface area contributed by atoms with E-state index in [-0.39, 0.29) is 0 Å². The van der Waals surface area contributed by atoms with E-state index in [0.29, 0.717) is 0 Å². The van der Waals surface area contributed by atoms with Crippen molar-refractivity contribution >= 4 is 47.8 Å². The van der Waals surface area contributed by atoms with Gasteiger partial charge in [0.05, 0.1) is 0 Å². The Hall–Kier alpha value is -3.18. The predicted octanol–water partition coefficient (Wildman–Crippen LogP) is -3.38. The van der Waals surface area contributed by atoms with Crippen LogP contribution < -0.4 is 0 Å². The summed E-state index contributed by atoms with van der Waals surface area (Å²) in [7, 11) is 0. The van der Waals surface area contributed by atoms with Crippen LogP contribution in [0.1, 0.15) is 0 Å². The maximum atomic E-state index is 9.10. The van der Waals surface area contributed by atoms with Gasteiger partial charge < -0.3 is 40.9 Å². The number of carbonyl (C=O) groups is 8. The molecule has 0 aromatic rings. The van der Waals surface area contributed by atoms with Crippen molar-refractivity contribution in [2.24, 2.45) is 0 Å². The molecule has 0 aromatic carbocycles. The van der Waals surface area contributed by atoms with E-state index in [1.807, 2.05) is 0 Å². The molecule has 0 amide bonds. The van der Waals surface area contributed by atoms with Crippen LogP contribution in [0.3, 0.4) is 0 Å². The zero-order valence-electron chi connectivity index (χ0n) is 11.7. The third kappa shape index (κ3) is 49.8. The van der Waals surface area contributed by atoms with Crippen molar-refractivity contribution in [2.75, 3.05) is 0 Å². The fourth-order valence-electron chi connectivity index (χ4n) is 0. The first-order valence-electron chi connectivity index (χ1n) is 4.59. The summed E-state index contributed by atoms with van der Waals surface area (Å²) in [6.45, 7) is 0. The number of carboxylic acid groups (broad SMARTS) is 8. The van der Waals surface area contributed by atoms with Crippen LogP contribution >= 0.6 is 0 Å². The fraction of sp³-hybridized carbons (Fsp3) is 0. The molecule has 148 valence electrons. The first-order valence-corrected chi connectivity index (χ1v) is 7.26. The second kappa shape index (κ2) is 21.8. The Balaban J connectivity index is -0.0000000729. The van der Waals surface area contributed by atoms with Crippen LogP contribution in [-0.4, -0.2) is 88.6 Å². The summed E-state index contributed by atoms with van der Waals surface area (Å²) >= 11 is 5.00. The Kier molecular flexibility index (Phi) is 28.7. The van der Waals surface area contributed by atoms with Gasteiger partial charge in [-0.25, -0.2) is 38.4 Å². The molecule has 0 saturated heterocycles. The Morgan fingerprint density at radius 3 is 0.346 bits per heavy atom. The zero-order chi connectivity index (χ0) is 22.6. The van der Waals surface area contributed by atoms with Gasteiger partial charge in [-0.1, -0.05) is 0 Å². The topological polar surface area (TPSA) is 298 Å². The normalized spacial score (nSPS) is 6.85. The molecular formula is C8H8Cr2O16. The van der Waals surface area contributed by atoms with Crippen molar-refractivity contribution in [3.05, 3.63) is 0 Å². The van der Waals surface area contributed by atoms with E-state index in [9.17, 15) is 0 Å². The molecule has 26 heavy (non-hydrogen) atoms. The monoisotopic (exact) mass is 464 g/mol. The third-order valence-electron chi connectivity index (χ3n) is 0.732. The number of aliphatic carboxylic acids is 8. The molecule has 0 aliphatic rings. The number of carboxylic acids is 8. The SMILES string of the molecule is O=C(O)C(=O)O.O=C(O)C(=O)O.O=C(O)C(=O)O.O=C(O)C(=O)O.[Cr]#[Cr]. The van der Waals surface area contributed by atoms with E-state index in [1.165, 1.54) is 0 Å². The summed E-state index contributed by atoms with van der Waals surface area (Å²) in [6.07, 6.45) is 0. The van der Waals surface area contributed by atoms with Gasteiger partial charge in [0.1, 0.15) is 0 Å². The second-order valence-corrected chi connectivity index (χ2v) is 2.44. The summed E-state index contributed by atoms with van der Waals surface area (Å²) in [5.74, 6) is -14.6. The average Bonchev–Trinajstić information content (AvgIpc) is 2.50. The summed E-state index contributed by atoms with van der Waals surface area (Å²) in [4.78, 5) is 72.8. The average molecular weight is 464 g/mol. The van der Waals surface area contributed by atoms with E-state index in [1.54, 1.807) is 0 Å². The van der Waals surface area contributed by atoms with Gasteiger partial charge in [-0.05, 0) is 0 Å².